The lowest BCUT2D eigenvalue weighted by Crippen LogP contribution is -2.16. The van der Waals surface area contributed by atoms with Crippen molar-refractivity contribution >= 4 is 16.7 Å². The zero-order valence-corrected chi connectivity index (χ0v) is 19.2. The molecule has 6 heteroatoms. The topological polar surface area (TPSA) is 71.9 Å². The van der Waals surface area contributed by atoms with Gasteiger partial charge in [0, 0.05) is 28.7 Å². The Kier molecular flexibility index (Phi) is 5.87. The van der Waals surface area contributed by atoms with E-state index >= 15 is 0 Å². The number of pyridine rings is 1. The molecule has 0 fully saturated rings. The van der Waals surface area contributed by atoms with Crippen molar-refractivity contribution < 1.29 is 4.74 Å². The van der Waals surface area contributed by atoms with Crippen LogP contribution in [-0.4, -0.2) is 21.4 Å². The Hall–Kier alpha value is -4.32. The summed E-state index contributed by atoms with van der Waals surface area (Å²) in [5.74, 6) is 0.823. The second-order valence-electron chi connectivity index (χ2n) is 8.16. The van der Waals surface area contributed by atoms with Gasteiger partial charge in [-0.1, -0.05) is 48.0 Å². The molecule has 0 radical (unpaired) electrons. The standard InChI is InChI=1S/C28H26N4O2/c1-3-34-24-15-13-22(14-16-24)29-18-21-17-25-26(20-11-9-19(2)10-12-20)31-32(27(25)30-28(21)33)23-7-5-4-6-8-23/h4-17,29H,3,18H2,1-2H3,(H,30,33). The Morgan fingerprint density at radius 2 is 1.71 bits per heavy atom. The highest BCUT2D eigenvalue weighted by molar-refractivity contribution is 5.92. The predicted molar refractivity (Wildman–Crippen MR) is 137 cm³/mol. The van der Waals surface area contributed by atoms with Gasteiger partial charge >= 0.3 is 0 Å². The molecular weight excluding hydrogens is 424 g/mol. The van der Waals surface area contributed by atoms with Crippen LogP contribution < -0.4 is 15.6 Å². The van der Waals surface area contributed by atoms with E-state index in [1.54, 1.807) is 4.68 Å². The average Bonchev–Trinajstić information content (AvgIpc) is 3.23. The molecule has 3 aromatic carbocycles. The van der Waals surface area contributed by atoms with Crippen molar-refractivity contribution in [1.82, 2.24) is 14.8 Å². The van der Waals surface area contributed by atoms with Crippen LogP contribution in [0.5, 0.6) is 5.75 Å². The van der Waals surface area contributed by atoms with E-state index in [2.05, 4.69) is 41.5 Å². The first-order valence-corrected chi connectivity index (χ1v) is 11.4. The maximum Gasteiger partial charge on any atom is 0.254 e. The van der Waals surface area contributed by atoms with E-state index in [-0.39, 0.29) is 5.56 Å². The third-order valence-corrected chi connectivity index (χ3v) is 5.74. The second-order valence-corrected chi connectivity index (χ2v) is 8.16. The molecule has 0 aliphatic rings. The van der Waals surface area contributed by atoms with Crippen molar-refractivity contribution in [2.24, 2.45) is 0 Å². The van der Waals surface area contributed by atoms with E-state index in [1.807, 2.05) is 67.6 Å². The van der Waals surface area contributed by atoms with Gasteiger partial charge in [-0.05, 0) is 56.3 Å². The van der Waals surface area contributed by atoms with Crippen LogP contribution in [0.25, 0.3) is 28.0 Å². The van der Waals surface area contributed by atoms with Crippen LogP contribution in [0.15, 0.2) is 89.7 Å². The molecule has 2 N–H and O–H groups in total. The maximum absolute atomic E-state index is 13.0. The summed E-state index contributed by atoms with van der Waals surface area (Å²) >= 11 is 0. The Bertz CT molecular complexity index is 1470. The number of nitrogens with one attached hydrogen (secondary N) is 2. The molecule has 6 nitrogen and oxygen atoms in total. The smallest absolute Gasteiger partial charge is 0.254 e. The maximum atomic E-state index is 13.0. The molecule has 0 bridgehead atoms. The lowest BCUT2D eigenvalue weighted by molar-refractivity contribution is 0.340. The molecule has 5 aromatic rings. The third-order valence-electron chi connectivity index (χ3n) is 5.74. The minimum absolute atomic E-state index is 0.140. The summed E-state index contributed by atoms with van der Waals surface area (Å²) in [6.45, 7) is 5.04. The van der Waals surface area contributed by atoms with Gasteiger partial charge in [0.05, 0.1) is 12.3 Å². The van der Waals surface area contributed by atoms with Gasteiger partial charge < -0.3 is 15.0 Å². The minimum atomic E-state index is -0.140. The van der Waals surface area contributed by atoms with Crippen molar-refractivity contribution in [2.45, 2.75) is 20.4 Å². The van der Waals surface area contributed by atoms with Crippen LogP contribution in [0.4, 0.5) is 5.69 Å². The zero-order valence-electron chi connectivity index (χ0n) is 19.2. The predicted octanol–water partition coefficient (Wildman–Crippen LogP) is 5.70. The second kappa shape index (κ2) is 9.27. The summed E-state index contributed by atoms with van der Waals surface area (Å²) in [6.07, 6.45) is 0. The number of ether oxygens (including phenoxy) is 1. The molecule has 0 aliphatic heterocycles. The number of nitrogens with zero attached hydrogens (tertiary/aromatic N) is 2. The van der Waals surface area contributed by atoms with Gasteiger partial charge in [0.15, 0.2) is 0 Å². The summed E-state index contributed by atoms with van der Waals surface area (Å²) in [5, 5.41) is 9.14. The number of hydrogen-bond donors (Lipinski definition) is 2. The van der Waals surface area contributed by atoms with Crippen molar-refractivity contribution in [3.8, 4) is 22.7 Å². The summed E-state index contributed by atoms with van der Waals surface area (Å²) in [7, 11) is 0. The van der Waals surface area contributed by atoms with E-state index in [0.717, 1.165) is 33.8 Å². The molecule has 2 aromatic heterocycles. The van der Waals surface area contributed by atoms with Gasteiger partial charge in [0.2, 0.25) is 0 Å². The Balaban J connectivity index is 1.55. The fraction of sp³-hybridized carbons (Fsp3) is 0.143. The van der Waals surface area contributed by atoms with Gasteiger partial charge in [-0.25, -0.2) is 4.68 Å². The van der Waals surface area contributed by atoms with Gasteiger partial charge in [-0.2, -0.15) is 5.10 Å². The summed E-state index contributed by atoms with van der Waals surface area (Å²) in [4.78, 5) is 16.1. The largest absolute Gasteiger partial charge is 0.494 e. The summed E-state index contributed by atoms with van der Waals surface area (Å²) in [5.41, 5.74) is 6.00. The molecule has 0 amide bonds. The number of benzene rings is 3. The number of fused-ring (bicyclic) bond motifs is 1. The Morgan fingerprint density at radius 1 is 0.971 bits per heavy atom. The van der Waals surface area contributed by atoms with Gasteiger partial charge in [0.1, 0.15) is 17.1 Å². The van der Waals surface area contributed by atoms with E-state index in [1.165, 1.54) is 5.56 Å². The molecule has 170 valence electrons. The lowest BCUT2D eigenvalue weighted by atomic mass is 10.1. The number of H-pyrrole nitrogens is 1. The summed E-state index contributed by atoms with van der Waals surface area (Å²) in [6, 6.07) is 27.8. The molecule has 0 unspecified atom stereocenters. The molecule has 0 spiro atoms. The highest BCUT2D eigenvalue weighted by atomic mass is 16.5. The minimum Gasteiger partial charge on any atom is -0.494 e. The van der Waals surface area contributed by atoms with E-state index in [9.17, 15) is 4.79 Å². The van der Waals surface area contributed by atoms with Gasteiger partial charge in [-0.15, -0.1) is 0 Å². The van der Waals surface area contributed by atoms with Crippen LogP contribution in [0.2, 0.25) is 0 Å². The highest BCUT2D eigenvalue weighted by Crippen LogP contribution is 2.29. The zero-order chi connectivity index (χ0) is 23.5. The average molecular weight is 451 g/mol. The molecule has 2 heterocycles. The molecular formula is C28H26N4O2. The Labute approximate surface area is 197 Å². The van der Waals surface area contributed by atoms with Gasteiger partial charge in [0.25, 0.3) is 5.56 Å². The normalized spacial score (nSPS) is 11.0. The van der Waals surface area contributed by atoms with Crippen LogP contribution in [0.1, 0.15) is 18.1 Å². The first-order valence-electron chi connectivity index (χ1n) is 11.4. The number of anilines is 1. The summed E-state index contributed by atoms with van der Waals surface area (Å²) < 4.78 is 7.30. The fourth-order valence-corrected chi connectivity index (χ4v) is 3.96. The molecule has 0 atom stereocenters. The number of para-hydroxylation sites is 1. The van der Waals surface area contributed by atoms with Crippen LogP contribution in [-0.2, 0) is 6.54 Å². The Morgan fingerprint density at radius 3 is 2.41 bits per heavy atom. The number of aromatic amines is 1. The monoisotopic (exact) mass is 450 g/mol. The van der Waals surface area contributed by atoms with Crippen LogP contribution >= 0.6 is 0 Å². The molecule has 34 heavy (non-hydrogen) atoms. The van der Waals surface area contributed by atoms with Crippen LogP contribution in [0, 0.1) is 6.92 Å². The lowest BCUT2D eigenvalue weighted by Gasteiger charge is -2.08. The quantitative estimate of drug-likeness (QED) is 0.334. The first-order chi connectivity index (χ1) is 16.6. The molecule has 0 aliphatic carbocycles. The molecule has 0 saturated heterocycles. The van der Waals surface area contributed by atoms with Crippen molar-refractivity contribution in [2.75, 3.05) is 11.9 Å². The van der Waals surface area contributed by atoms with E-state index < -0.39 is 0 Å². The van der Waals surface area contributed by atoms with E-state index in [4.69, 9.17) is 9.84 Å². The fourth-order valence-electron chi connectivity index (χ4n) is 3.96. The number of aryl methyl sites for hydroxylation is 1. The van der Waals surface area contributed by atoms with E-state index in [0.29, 0.717) is 24.4 Å². The van der Waals surface area contributed by atoms with Gasteiger partial charge in [-0.3, -0.25) is 4.79 Å². The van der Waals surface area contributed by atoms with Crippen LogP contribution in [0.3, 0.4) is 0 Å². The van der Waals surface area contributed by atoms with Crippen molar-refractivity contribution in [3.63, 3.8) is 0 Å². The number of aromatic nitrogens is 3. The van der Waals surface area contributed by atoms with Crippen molar-refractivity contribution in [1.29, 1.82) is 0 Å². The third kappa shape index (κ3) is 4.30. The highest BCUT2D eigenvalue weighted by Gasteiger charge is 2.16. The number of hydrogen-bond acceptors (Lipinski definition) is 4. The first kappa shape index (κ1) is 21.5. The van der Waals surface area contributed by atoms with Crippen molar-refractivity contribution in [3.05, 3.63) is 106 Å². The molecule has 5 rings (SSSR count). The SMILES string of the molecule is CCOc1ccc(NCc2cc3c(-c4ccc(C)cc4)nn(-c4ccccc4)c3[nH]c2=O)cc1. The molecule has 0 saturated carbocycles. The number of rotatable bonds is 7.